The molecule has 96 valence electrons. The SMILES string of the molecule is COc1c(N)ncnc1NCC(O)CC(C)C. The number of rotatable bonds is 6. The number of ether oxygens (including phenoxy) is 1. The van der Waals surface area contributed by atoms with Crippen molar-refractivity contribution in [2.24, 2.45) is 5.92 Å². The minimum Gasteiger partial charge on any atom is -0.490 e. The van der Waals surface area contributed by atoms with E-state index in [1.54, 1.807) is 0 Å². The molecule has 0 fully saturated rings. The van der Waals surface area contributed by atoms with Gasteiger partial charge in [-0.25, -0.2) is 9.97 Å². The Balaban J connectivity index is 2.60. The zero-order chi connectivity index (χ0) is 12.8. The molecular formula is C11H20N4O2. The number of hydrogen-bond donors (Lipinski definition) is 3. The van der Waals surface area contributed by atoms with E-state index >= 15 is 0 Å². The second-order valence-electron chi connectivity index (χ2n) is 4.31. The van der Waals surface area contributed by atoms with Crippen LogP contribution in [0.4, 0.5) is 11.6 Å². The van der Waals surface area contributed by atoms with Crippen molar-refractivity contribution in [3.05, 3.63) is 6.33 Å². The predicted molar refractivity (Wildman–Crippen MR) is 66.9 cm³/mol. The number of nitrogens with zero attached hydrogens (tertiary/aromatic N) is 2. The lowest BCUT2D eigenvalue weighted by Crippen LogP contribution is -2.22. The van der Waals surface area contributed by atoms with E-state index in [0.717, 1.165) is 6.42 Å². The van der Waals surface area contributed by atoms with Crippen LogP contribution in [0.25, 0.3) is 0 Å². The van der Waals surface area contributed by atoms with Crippen molar-refractivity contribution in [1.29, 1.82) is 0 Å². The van der Waals surface area contributed by atoms with Gasteiger partial charge in [0.1, 0.15) is 6.33 Å². The highest BCUT2D eigenvalue weighted by Crippen LogP contribution is 2.26. The summed E-state index contributed by atoms with van der Waals surface area (Å²) in [6.07, 6.45) is 1.67. The van der Waals surface area contributed by atoms with Crippen LogP contribution in [0, 0.1) is 5.92 Å². The van der Waals surface area contributed by atoms with Gasteiger partial charge < -0.3 is 20.9 Å². The van der Waals surface area contributed by atoms with Gasteiger partial charge in [-0.05, 0) is 12.3 Å². The average molecular weight is 240 g/mol. The van der Waals surface area contributed by atoms with Crippen LogP contribution in [0.15, 0.2) is 6.33 Å². The molecular weight excluding hydrogens is 220 g/mol. The summed E-state index contributed by atoms with van der Waals surface area (Å²) in [6.45, 7) is 4.53. The maximum atomic E-state index is 9.74. The molecule has 0 saturated carbocycles. The Morgan fingerprint density at radius 2 is 2.18 bits per heavy atom. The lowest BCUT2D eigenvalue weighted by molar-refractivity contribution is 0.161. The third-order valence-corrected chi connectivity index (χ3v) is 2.28. The van der Waals surface area contributed by atoms with Gasteiger partial charge in [-0.2, -0.15) is 0 Å². The monoisotopic (exact) mass is 240 g/mol. The fraction of sp³-hybridized carbons (Fsp3) is 0.636. The summed E-state index contributed by atoms with van der Waals surface area (Å²) in [5.41, 5.74) is 5.64. The molecule has 4 N–H and O–H groups in total. The number of anilines is 2. The summed E-state index contributed by atoms with van der Waals surface area (Å²) in [7, 11) is 1.50. The molecule has 0 aliphatic rings. The molecule has 6 heteroatoms. The van der Waals surface area contributed by atoms with Gasteiger partial charge in [0.25, 0.3) is 0 Å². The van der Waals surface area contributed by atoms with Gasteiger partial charge in [0.05, 0.1) is 13.2 Å². The fourth-order valence-corrected chi connectivity index (χ4v) is 1.56. The highest BCUT2D eigenvalue weighted by Gasteiger charge is 2.11. The molecule has 1 aromatic rings. The molecule has 6 nitrogen and oxygen atoms in total. The number of aliphatic hydroxyl groups excluding tert-OH is 1. The lowest BCUT2D eigenvalue weighted by Gasteiger charge is -2.15. The molecule has 0 aromatic carbocycles. The third-order valence-electron chi connectivity index (χ3n) is 2.28. The summed E-state index contributed by atoms with van der Waals surface area (Å²) in [4.78, 5) is 7.85. The summed E-state index contributed by atoms with van der Waals surface area (Å²) in [5, 5.41) is 12.7. The Hall–Kier alpha value is -1.56. The van der Waals surface area contributed by atoms with Crippen LogP contribution in [0.2, 0.25) is 0 Å². The first-order valence-corrected chi connectivity index (χ1v) is 5.61. The number of methoxy groups -OCH3 is 1. The second-order valence-corrected chi connectivity index (χ2v) is 4.31. The van der Waals surface area contributed by atoms with Crippen molar-refractivity contribution < 1.29 is 9.84 Å². The molecule has 0 amide bonds. The van der Waals surface area contributed by atoms with Gasteiger partial charge >= 0.3 is 0 Å². The summed E-state index contributed by atoms with van der Waals surface area (Å²) in [6, 6.07) is 0. The van der Waals surface area contributed by atoms with Gasteiger partial charge in [0, 0.05) is 6.54 Å². The normalized spacial score (nSPS) is 12.5. The van der Waals surface area contributed by atoms with Gasteiger partial charge in [-0.15, -0.1) is 0 Å². The van der Waals surface area contributed by atoms with E-state index in [0.29, 0.717) is 24.0 Å². The van der Waals surface area contributed by atoms with Gasteiger partial charge in [-0.3, -0.25) is 0 Å². The van der Waals surface area contributed by atoms with Crippen LogP contribution >= 0.6 is 0 Å². The lowest BCUT2D eigenvalue weighted by atomic mass is 10.1. The van der Waals surface area contributed by atoms with Crippen molar-refractivity contribution in [2.75, 3.05) is 24.7 Å². The zero-order valence-corrected chi connectivity index (χ0v) is 10.5. The minimum absolute atomic E-state index is 0.281. The molecule has 0 aliphatic heterocycles. The summed E-state index contributed by atoms with van der Waals surface area (Å²) in [5.74, 6) is 1.64. The number of aromatic nitrogens is 2. The molecule has 0 saturated heterocycles. The van der Waals surface area contributed by atoms with Crippen molar-refractivity contribution in [1.82, 2.24) is 9.97 Å². The van der Waals surface area contributed by atoms with Gasteiger partial charge in [-0.1, -0.05) is 13.8 Å². The smallest absolute Gasteiger partial charge is 0.203 e. The first-order valence-electron chi connectivity index (χ1n) is 5.61. The van der Waals surface area contributed by atoms with Crippen LogP contribution in [-0.4, -0.2) is 34.8 Å². The first-order chi connectivity index (χ1) is 8.04. The minimum atomic E-state index is -0.420. The van der Waals surface area contributed by atoms with Crippen molar-refractivity contribution in [3.63, 3.8) is 0 Å². The van der Waals surface area contributed by atoms with Gasteiger partial charge in [0.2, 0.25) is 5.75 Å². The molecule has 1 unspecified atom stereocenters. The van der Waals surface area contributed by atoms with Crippen LogP contribution in [-0.2, 0) is 0 Å². The zero-order valence-electron chi connectivity index (χ0n) is 10.5. The Morgan fingerprint density at radius 1 is 1.47 bits per heavy atom. The molecule has 17 heavy (non-hydrogen) atoms. The van der Waals surface area contributed by atoms with Crippen molar-refractivity contribution in [3.8, 4) is 5.75 Å². The van der Waals surface area contributed by atoms with Crippen LogP contribution in [0.3, 0.4) is 0 Å². The fourth-order valence-electron chi connectivity index (χ4n) is 1.56. The number of nitrogens with two attached hydrogens (primary N) is 1. The average Bonchev–Trinajstić information content (AvgIpc) is 2.25. The van der Waals surface area contributed by atoms with E-state index in [9.17, 15) is 5.11 Å². The number of hydrogen-bond acceptors (Lipinski definition) is 6. The molecule has 0 bridgehead atoms. The molecule has 1 heterocycles. The van der Waals surface area contributed by atoms with Crippen LogP contribution < -0.4 is 15.8 Å². The summed E-state index contributed by atoms with van der Waals surface area (Å²) >= 11 is 0. The van der Waals surface area contributed by atoms with Crippen LogP contribution in [0.1, 0.15) is 20.3 Å². The number of nitrogens with one attached hydrogen (secondary N) is 1. The molecule has 1 atom stereocenters. The topological polar surface area (TPSA) is 93.3 Å². The van der Waals surface area contributed by atoms with E-state index in [1.807, 2.05) is 0 Å². The van der Waals surface area contributed by atoms with Crippen molar-refractivity contribution in [2.45, 2.75) is 26.4 Å². The second kappa shape index (κ2) is 6.24. The Bertz CT molecular complexity index is 357. The van der Waals surface area contributed by atoms with E-state index < -0.39 is 6.10 Å². The van der Waals surface area contributed by atoms with E-state index in [2.05, 4.69) is 29.1 Å². The van der Waals surface area contributed by atoms with Crippen molar-refractivity contribution >= 4 is 11.6 Å². The molecule has 0 radical (unpaired) electrons. The number of aliphatic hydroxyl groups is 1. The van der Waals surface area contributed by atoms with E-state index in [4.69, 9.17) is 10.5 Å². The Morgan fingerprint density at radius 3 is 2.76 bits per heavy atom. The quantitative estimate of drug-likeness (QED) is 0.683. The maximum Gasteiger partial charge on any atom is 0.203 e. The molecule has 1 rings (SSSR count). The Kier molecular flexibility index (Phi) is 4.96. The van der Waals surface area contributed by atoms with E-state index in [-0.39, 0.29) is 5.82 Å². The highest BCUT2D eigenvalue weighted by atomic mass is 16.5. The first kappa shape index (κ1) is 13.5. The van der Waals surface area contributed by atoms with Gasteiger partial charge in [0.15, 0.2) is 11.6 Å². The predicted octanol–water partition coefficient (Wildman–Crippen LogP) is 0.886. The highest BCUT2D eigenvalue weighted by molar-refractivity contribution is 5.61. The molecule has 0 aliphatic carbocycles. The maximum absolute atomic E-state index is 9.74. The molecule has 0 spiro atoms. The molecule has 1 aromatic heterocycles. The Labute approximate surface area is 101 Å². The van der Waals surface area contributed by atoms with E-state index in [1.165, 1.54) is 13.4 Å². The largest absolute Gasteiger partial charge is 0.490 e. The van der Waals surface area contributed by atoms with Crippen LogP contribution in [0.5, 0.6) is 5.75 Å². The number of nitrogen functional groups attached to an aromatic ring is 1. The third kappa shape index (κ3) is 4.07. The standard InChI is InChI=1S/C11H20N4O2/c1-7(2)4-8(16)5-13-11-9(17-3)10(12)14-6-15-11/h6-8,16H,4-5H2,1-3H3,(H3,12,13,14,15). The summed E-state index contributed by atoms with van der Waals surface area (Å²) < 4.78 is 5.10.